The summed E-state index contributed by atoms with van der Waals surface area (Å²) in [6.07, 6.45) is 3.17. The second-order valence-corrected chi connectivity index (χ2v) is 6.01. The molecule has 0 aliphatic rings. The highest BCUT2D eigenvalue weighted by atomic mass is 15.1. The van der Waals surface area contributed by atoms with E-state index in [0.29, 0.717) is 0 Å². The van der Waals surface area contributed by atoms with E-state index in [0.717, 1.165) is 18.8 Å². The zero-order valence-electron chi connectivity index (χ0n) is 13.9. The highest BCUT2D eigenvalue weighted by Gasteiger charge is 2.06. The Morgan fingerprint density at radius 1 is 1.00 bits per heavy atom. The maximum Gasteiger partial charge on any atom is 0.0402 e. The van der Waals surface area contributed by atoms with Crippen LogP contribution in [-0.4, -0.2) is 23.5 Å². The molecule has 0 fully saturated rings. The molecular formula is C19H26N2. The predicted molar refractivity (Wildman–Crippen MR) is 90.5 cm³/mol. The SMILES string of the molecule is CCCN(C)Cc1cc(-c2cnc(C)c(C)c2)ccc1C. The van der Waals surface area contributed by atoms with Crippen molar-refractivity contribution in [3.8, 4) is 11.1 Å². The Bertz CT molecular complexity index is 617. The summed E-state index contributed by atoms with van der Waals surface area (Å²) in [4.78, 5) is 6.87. The average molecular weight is 282 g/mol. The van der Waals surface area contributed by atoms with Gasteiger partial charge < -0.3 is 4.90 Å². The molecule has 0 radical (unpaired) electrons. The normalized spacial score (nSPS) is 11.1. The van der Waals surface area contributed by atoms with Gasteiger partial charge >= 0.3 is 0 Å². The molecule has 1 aromatic heterocycles. The van der Waals surface area contributed by atoms with E-state index < -0.39 is 0 Å². The summed E-state index contributed by atoms with van der Waals surface area (Å²) in [6, 6.07) is 8.96. The van der Waals surface area contributed by atoms with Gasteiger partial charge in [0.25, 0.3) is 0 Å². The Labute approximate surface area is 128 Å². The van der Waals surface area contributed by atoms with Crippen molar-refractivity contribution in [1.82, 2.24) is 9.88 Å². The van der Waals surface area contributed by atoms with Gasteiger partial charge in [-0.3, -0.25) is 4.98 Å². The molecule has 2 aromatic rings. The number of hydrogen-bond donors (Lipinski definition) is 0. The molecule has 112 valence electrons. The largest absolute Gasteiger partial charge is 0.302 e. The fourth-order valence-corrected chi connectivity index (χ4v) is 2.57. The van der Waals surface area contributed by atoms with E-state index in [1.165, 1.54) is 34.2 Å². The quantitative estimate of drug-likeness (QED) is 0.801. The minimum absolute atomic E-state index is 1.01. The minimum atomic E-state index is 1.01. The van der Waals surface area contributed by atoms with Crippen LogP contribution in [0.5, 0.6) is 0 Å². The zero-order chi connectivity index (χ0) is 15.4. The number of aromatic nitrogens is 1. The summed E-state index contributed by atoms with van der Waals surface area (Å²) in [5.41, 5.74) is 7.58. The number of pyridine rings is 1. The second kappa shape index (κ2) is 6.86. The molecule has 0 unspecified atom stereocenters. The van der Waals surface area contributed by atoms with Crippen LogP contribution in [0.4, 0.5) is 0 Å². The van der Waals surface area contributed by atoms with Gasteiger partial charge in [0.1, 0.15) is 0 Å². The van der Waals surface area contributed by atoms with Crippen molar-refractivity contribution < 1.29 is 0 Å². The second-order valence-electron chi connectivity index (χ2n) is 6.01. The molecule has 2 heteroatoms. The van der Waals surface area contributed by atoms with Crippen LogP contribution in [0, 0.1) is 20.8 Å². The molecule has 1 aromatic carbocycles. The lowest BCUT2D eigenvalue weighted by Crippen LogP contribution is -2.19. The smallest absolute Gasteiger partial charge is 0.0402 e. The molecule has 0 amide bonds. The third kappa shape index (κ3) is 3.92. The number of rotatable bonds is 5. The molecule has 21 heavy (non-hydrogen) atoms. The molecule has 0 saturated carbocycles. The summed E-state index contributed by atoms with van der Waals surface area (Å²) in [7, 11) is 2.19. The van der Waals surface area contributed by atoms with Crippen LogP contribution in [0.15, 0.2) is 30.5 Å². The summed E-state index contributed by atoms with van der Waals surface area (Å²) in [5.74, 6) is 0. The Hall–Kier alpha value is -1.67. The number of nitrogens with zero attached hydrogens (tertiary/aromatic N) is 2. The standard InChI is InChI=1S/C19H26N2/c1-6-9-21(5)13-19-11-17(8-7-14(19)2)18-10-15(3)16(4)20-12-18/h7-8,10-12H,6,9,13H2,1-5H3. The highest BCUT2D eigenvalue weighted by molar-refractivity contribution is 5.65. The maximum absolute atomic E-state index is 4.49. The Balaban J connectivity index is 2.31. The first kappa shape index (κ1) is 15.7. The van der Waals surface area contributed by atoms with Gasteiger partial charge in [0.2, 0.25) is 0 Å². The average Bonchev–Trinajstić information content (AvgIpc) is 2.44. The van der Waals surface area contributed by atoms with Crippen LogP contribution >= 0.6 is 0 Å². The molecule has 0 atom stereocenters. The first-order valence-electron chi connectivity index (χ1n) is 7.73. The number of benzene rings is 1. The number of hydrogen-bond acceptors (Lipinski definition) is 2. The molecule has 0 aliphatic carbocycles. The molecule has 0 bridgehead atoms. The Morgan fingerprint density at radius 3 is 2.43 bits per heavy atom. The van der Waals surface area contributed by atoms with Crippen LogP contribution in [0.3, 0.4) is 0 Å². The number of aryl methyl sites for hydroxylation is 3. The van der Waals surface area contributed by atoms with Crippen molar-refractivity contribution in [1.29, 1.82) is 0 Å². The van der Waals surface area contributed by atoms with Gasteiger partial charge in [-0.05, 0) is 75.2 Å². The van der Waals surface area contributed by atoms with E-state index in [4.69, 9.17) is 0 Å². The topological polar surface area (TPSA) is 16.1 Å². The van der Waals surface area contributed by atoms with Crippen molar-refractivity contribution >= 4 is 0 Å². The van der Waals surface area contributed by atoms with Gasteiger partial charge in [-0.25, -0.2) is 0 Å². The van der Waals surface area contributed by atoms with Gasteiger partial charge in [0, 0.05) is 24.0 Å². The van der Waals surface area contributed by atoms with Crippen molar-refractivity contribution in [3.63, 3.8) is 0 Å². The maximum atomic E-state index is 4.49. The first-order chi connectivity index (χ1) is 10.0. The molecule has 1 heterocycles. The fourth-order valence-electron chi connectivity index (χ4n) is 2.57. The zero-order valence-corrected chi connectivity index (χ0v) is 13.9. The molecule has 0 spiro atoms. The van der Waals surface area contributed by atoms with Gasteiger partial charge in [0.15, 0.2) is 0 Å². The van der Waals surface area contributed by atoms with Crippen LogP contribution < -0.4 is 0 Å². The van der Waals surface area contributed by atoms with Crippen LogP contribution in [0.1, 0.15) is 35.7 Å². The lowest BCUT2D eigenvalue weighted by atomic mass is 9.99. The Morgan fingerprint density at radius 2 is 1.76 bits per heavy atom. The monoisotopic (exact) mass is 282 g/mol. The summed E-state index contributed by atoms with van der Waals surface area (Å²) >= 11 is 0. The Kier molecular flexibility index (Phi) is 5.13. The van der Waals surface area contributed by atoms with E-state index in [1.807, 2.05) is 6.20 Å². The van der Waals surface area contributed by atoms with E-state index in [9.17, 15) is 0 Å². The first-order valence-corrected chi connectivity index (χ1v) is 7.73. The summed E-state index contributed by atoms with van der Waals surface area (Å²) < 4.78 is 0. The van der Waals surface area contributed by atoms with Gasteiger partial charge in [-0.1, -0.05) is 19.1 Å². The third-order valence-electron chi connectivity index (χ3n) is 4.07. The van der Waals surface area contributed by atoms with Crippen molar-refractivity contribution in [2.45, 2.75) is 40.7 Å². The lowest BCUT2D eigenvalue weighted by molar-refractivity contribution is 0.327. The van der Waals surface area contributed by atoms with E-state index in [1.54, 1.807) is 0 Å². The van der Waals surface area contributed by atoms with E-state index in [2.05, 4.69) is 68.9 Å². The molecule has 0 N–H and O–H groups in total. The minimum Gasteiger partial charge on any atom is -0.302 e. The third-order valence-corrected chi connectivity index (χ3v) is 4.07. The predicted octanol–water partition coefficient (Wildman–Crippen LogP) is 4.52. The molecule has 0 aliphatic heterocycles. The van der Waals surface area contributed by atoms with Crippen LogP contribution in [0.25, 0.3) is 11.1 Å². The van der Waals surface area contributed by atoms with Gasteiger partial charge in [-0.2, -0.15) is 0 Å². The van der Waals surface area contributed by atoms with Gasteiger partial charge in [-0.15, -0.1) is 0 Å². The molecule has 2 rings (SSSR count). The van der Waals surface area contributed by atoms with Crippen LogP contribution in [0.2, 0.25) is 0 Å². The summed E-state index contributed by atoms with van der Waals surface area (Å²) in [5, 5.41) is 0. The fraction of sp³-hybridized carbons (Fsp3) is 0.421. The molecule has 2 nitrogen and oxygen atoms in total. The summed E-state index contributed by atoms with van der Waals surface area (Å²) in [6.45, 7) is 10.7. The van der Waals surface area contributed by atoms with Crippen molar-refractivity contribution in [2.75, 3.05) is 13.6 Å². The molecule has 0 saturated heterocycles. The molecular weight excluding hydrogens is 256 g/mol. The van der Waals surface area contributed by atoms with E-state index in [-0.39, 0.29) is 0 Å². The van der Waals surface area contributed by atoms with Crippen molar-refractivity contribution in [2.24, 2.45) is 0 Å². The van der Waals surface area contributed by atoms with E-state index >= 15 is 0 Å². The van der Waals surface area contributed by atoms with Crippen LogP contribution in [-0.2, 0) is 6.54 Å². The highest BCUT2D eigenvalue weighted by Crippen LogP contribution is 2.24. The van der Waals surface area contributed by atoms with Gasteiger partial charge in [0.05, 0.1) is 0 Å². The van der Waals surface area contributed by atoms with Crippen molar-refractivity contribution in [3.05, 3.63) is 52.8 Å². The lowest BCUT2D eigenvalue weighted by Gasteiger charge is -2.18.